The molecular weight excluding hydrogens is 402 g/mol. The minimum atomic E-state index is -0.672. The molecule has 30 heavy (non-hydrogen) atoms. The predicted octanol–water partition coefficient (Wildman–Crippen LogP) is 3.85. The third kappa shape index (κ3) is 4.23. The van der Waals surface area contributed by atoms with E-state index in [1.165, 1.54) is 11.3 Å². The Morgan fingerprint density at radius 3 is 2.53 bits per heavy atom. The molecule has 2 unspecified atom stereocenters. The predicted molar refractivity (Wildman–Crippen MR) is 116 cm³/mol. The first-order chi connectivity index (χ1) is 14.5. The summed E-state index contributed by atoms with van der Waals surface area (Å²) in [5.74, 6) is 0.737. The molecule has 0 saturated heterocycles. The van der Waals surface area contributed by atoms with E-state index in [9.17, 15) is 9.59 Å². The largest absolute Gasteiger partial charge is 0.486 e. The second-order valence-corrected chi connectivity index (χ2v) is 8.21. The zero-order valence-corrected chi connectivity index (χ0v) is 17.6. The van der Waals surface area contributed by atoms with Crippen molar-refractivity contribution < 1.29 is 19.1 Å². The number of amides is 2. The van der Waals surface area contributed by atoms with Crippen molar-refractivity contribution in [2.75, 3.05) is 18.5 Å². The van der Waals surface area contributed by atoms with Crippen molar-refractivity contribution >= 4 is 38.5 Å². The zero-order valence-electron chi connectivity index (χ0n) is 16.8. The highest BCUT2D eigenvalue weighted by Crippen LogP contribution is 2.37. The number of thiazole rings is 1. The van der Waals surface area contributed by atoms with Gasteiger partial charge in [-0.3, -0.25) is 9.59 Å². The number of hydrogen-bond donors (Lipinski definition) is 2. The molecule has 7 nitrogen and oxygen atoms in total. The van der Waals surface area contributed by atoms with Crippen LogP contribution in [0.2, 0.25) is 0 Å². The van der Waals surface area contributed by atoms with Gasteiger partial charge in [0.05, 0.1) is 10.2 Å². The van der Waals surface area contributed by atoms with Gasteiger partial charge >= 0.3 is 0 Å². The van der Waals surface area contributed by atoms with Crippen LogP contribution in [0.1, 0.15) is 30.6 Å². The molecule has 3 aromatic rings. The number of aromatic nitrogens is 1. The van der Waals surface area contributed by atoms with Crippen LogP contribution >= 0.6 is 11.3 Å². The molecule has 0 bridgehead atoms. The van der Waals surface area contributed by atoms with Gasteiger partial charge in [-0.15, -0.1) is 0 Å². The van der Waals surface area contributed by atoms with Crippen LogP contribution in [0.25, 0.3) is 10.2 Å². The summed E-state index contributed by atoms with van der Waals surface area (Å²) in [4.78, 5) is 30.1. The first-order valence-electron chi connectivity index (χ1n) is 9.92. The van der Waals surface area contributed by atoms with Crippen molar-refractivity contribution in [3.63, 3.8) is 0 Å². The Balaban J connectivity index is 1.52. The lowest BCUT2D eigenvalue weighted by Gasteiger charge is -2.23. The van der Waals surface area contributed by atoms with Crippen LogP contribution in [0.3, 0.4) is 0 Å². The van der Waals surface area contributed by atoms with E-state index < -0.39 is 6.04 Å². The van der Waals surface area contributed by atoms with Crippen LogP contribution in [0.4, 0.5) is 5.13 Å². The molecule has 0 saturated carbocycles. The molecule has 2 aromatic carbocycles. The first-order valence-corrected chi connectivity index (χ1v) is 10.7. The minimum Gasteiger partial charge on any atom is -0.486 e. The summed E-state index contributed by atoms with van der Waals surface area (Å²) in [5.41, 5.74) is 1.25. The minimum absolute atomic E-state index is 0.0406. The lowest BCUT2D eigenvalue weighted by Crippen LogP contribution is -2.47. The topological polar surface area (TPSA) is 89.6 Å². The lowest BCUT2D eigenvalue weighted by atomic mass is 9.98. The highest BCUT2D eigenvalue weighted by Gasteiger charge is 2.27. The van der Waals surface area contributed by atoms with Crippen LogP contribution in [0.15, 0.2) is 42.5 Å². The van der Waals surface area contributed by atoms with Gasteiger partial charge in [-0.25, -0.2) is 4.98 Å². The Hall–Kier alpha value is -3.13. The Kier molecular flexibility index (Phi) is 5.85. The Labute approximate surface area is 178 Å². The Morgan fingerprint density at radius 2 is 1.83 bits per heavy atom. The van der Waals surface area contributed by atoms with Crippen LogP contribution in [0, 0.1) is 5.92 Å². The summed E-state index contributed by atoms with van der Waals surface area (Å²) >= 11 is 1.36. The molecule has 156 valence electrons. The molecule has 0 spiro atoms. The molecule has 2 heterocycles. The number of hydrogen-bond acceptors (Lipinski definition) is 6. The first kappa shape index (κ1) is 20.2. The van der Waals surface area contributed by atoms with Crippen molar-refractivity contribution in [3.05, 3.63) is 48.0 Å². The Morgan fingerprint density at radius 1 is 1.13 bits per heavy atom. The van der Waals surface area contributed by atoms with E-state index >= 15 is 0 Å². The van der Waals surface area contributed by atoms with Gasteiger partial charge in [0, 0.05) is 17.7 Å². The fraction of sp³-hybridized carbons (Fsp3) is 0.318. The lowest BCUT2D eigenvalue weighted by molar-refractivity contribution is -0.119. The molecule has 1 aromatic heterocycles. The summed E-state index contributed by atoms with van der Waals surface area (Å²) in [6.45, 7) is 4.95. The summed E-state index contributed by atoms with van der Waals surface area (Å²) in [7, 11) is 0. The number of carbonyl (C=O) groups is 2. The number of ether oxygens (including phenoxy) is 2. The normalized spacial score (nSPS) is 14.7. The number of carbonyl (C=O) groups excluding carboxylic acids is 2. The van der Waals surface area contributed by atoms with E-state index in [0.29, 0.717) is 35.4 Å². The van der Waals surface area contributed by atoms with Gasteiger partial charge in [-0.1, -0.05) is 49.8 Å². The van der Waals surface area contributed by atoms with Gasteiger partial charge in [-0.05, 0) is 18.1 Å². The monoisotopic (exact) mass is 425 g/mol. The number of benzene rings is 2. The smallest absolute Gasteiger partial charge is 0.251 e. The summed E-state index contributed by atoms with van der Waals surface area (Å²) in [6.07, 6.45) is 0.744. The van der Waals surface area contributed by atoms with E-state index in [4.69, 9.17) is 9.47 Å². The Bertz CT molecular complexity index is 1020. The van der Waals surface area contributed by atoms with Gasteiger partial charge in [0.25, 0.3) is 5.91 Å². The molecule has 4 rings (SSSR count). The number of anilines is 1. The average Bonchev–Trinajstić information content (AvgIpc) is 3.16. The third-order valence-corrected chi connectivity index (χ3v) is 6.03. The number of rotatable bonds is 6. The molecule has 1 aliphatic heterocycles. The molecule has 2 N–H and O–H groups in total. The van der Waals surface area contributed by atoms with E-state index in [1.807, 2.05) is 32.0 Å². The van der Waals surface area contributed by atoms with Gasteiger partial charge in [0.2, 0.25) is 5.91 Å². The third-order valence-electron chi connectivity index (χ3n) is 5.10. The maximum absolute atomic E-state index is 13.0. The van der Waals surface area contributed by atoms with E-state index in [2.05, 4.69) is 15.6 Å². The van der Waals surface area contributed by atoms with Crippen molar-refractivity contribution in [2.24, 2.45) is 5.92 Å². The molecular formula is C22H23N3O4S. The number of nitrogens with zero attached hydrogens (tertiary/aromatic N) is 1. The summed E-state index contributed by atoms with van der Waals surface area (Å²) in [6, 6.07) is 11.9. The fourth-order valence-corrected chi connectivity index (χ4v) is 4.10. The summed E-state index contributed by atoms with van der Waals surface area (Å²) in [5, 5.41) is 6.21. The number of nitrogens with one attached hydrogen (secondary N) is 2. The van der Waals surface area contributed by atoms with Crippen molar-refractivity contribution in [3.8, 4) is 11.5 Å². The second-order valence-electron chi connectivity index (χ2n) is 7.17. The maximum atomic E-state index is 13.0. The highest BCUT2D eigenvalue weighted by molar-refractivity contribution is 7.22. The van der Waals surface area contributed by atoms with E-state index in [-0.39, 0.29) is 17.7 Å². The zero-order chi connectivity index (χ0) is 21.1. The van der Waals surface area contributed by atoms with Crippen LogP contribution < -0.4 is 20.1 Å². The number of fused-ring (bicyclic) bond motifs is 2. The van der Waals surface area contributed by atoms with Crippen LogP contribution in [-0.2, 0) is 4.79 Å². The van der Waals surface area contributed by atoms with E-state index in [0.717, 1.165) is 16.6 Å². The van der Waals surface area contributed by atoms with Crippen molar-refractivity contribution in [1.29, 1.82) is 0 Å². The van der Waals surface area contributed by atoms with Crippen LogP contribution in [-0.4, -0.2) is 36.1 Å². The average molecular weight is 426 g/mol. The van der Waals surface area contributed by atoms with Crippen molar-refractivity contribution in [2.45, 2.75) is 26.3 Å². The standard InChI is InChI=1S/C22H23N3O4S/c1-3-13(2)19(24-20(26)14-7-5-4-6-8-14)21(27)25-22-23-15-11-16-17(12-18(15)30-22)29-10-9-28-16/h4-8,11-13,19H,3,9-10H2,1-2H3,(H,24,26)(H,23,25,27). The quantitative estimate of drug-likeness (QED) is 0.626. The maximum Gasteiger partial charge on any atom is 0.251 e. The second kappa shape index (κ2) is 8.71. The molecule has 0 radical (unpaired) electrons. The molecule has 8 heteroatoms. The molecule has 2 atom stereocenters. The van der Waals surface area contributed by atoms with Crippen molar-refractivity contribution in [1.82, 2.24) is 10.3 Å². The van der Waals surface area contributed by atoms with Gasteiger partial charge < -0.3 is 20.1 Å². The van der Waals surface area contributed by atoms with Crippen LogP contribution in [0.5, 0.6) is 11.5 Å². The molecule has 2 amide bonds. The van der Waals surface area contributed by atoms with E-state index in [1.54, 1.807) is 24.3 Å². The van der Waals surface area contributed by atoms with Gasteiger partial charge in [0.15, 0.2) is 16.6 Å². The molecule has 1 aliphatic rings. The van der Waals surface area contributed by atoms with Gasteiger partial charge in [0.1, 0.15) is 19.3 Å². The van der Waals surface area contributed by atoms with Gasteiger partial charge in [-0.2, -0.15) is 0 Å². The fourth-order valence-electron chi connectivity index (χ4n) is 3.22. The molecule has 0 fully saturated rings. The highest BCUT2D eigenvalue weighted by atomic mass is 32.1. The molecule has 0 aliphatic carbocycles. The summed E-state index contributed by atoms with van der Waals surface area (Å²) < 4.78 is 12.1. The SMILES string of the molecule is CCC(C)C(NC(=O)c1ccccc1)C(=O)Nc1nc2cc3c(cc2s1)OCCO3.